The van der Waals surface area contributed by atoms with Crippen LogP contribution in [0.3, 0.4) is 0 Å². The maximum absolute atomic E-state index is 6.09. The van der Waals surface area contributed by atoms with Crippen molar-refractivity contribution in [1.82, 2.24) is 9.47 Å². The molecule has 1 atom stereocenters. The minimum absolute atomic E-state index is 0.192. The number of aromatic nitrogens is 1. The number of benzene rings is 3. The molecule has 0 amide bonds. The van der Waals surface area contributed by atoms with Crippen molar-refractivity contribution in [3.8, 4) is 17.2 Å². The number of ether oxygens (including phenoxy) is 2. The SMILES string of the molecule is CCOc1ccc(C2c3cccn3CCCN2Cc2cccc(Oc3ccccc3)c2)cc1. The molecule has 0 N–H and O–H groups in total. The number of aryl methyl sites for hydroxylation is 1. The highest BCUT2D eigenvalue weighted by Crippen LogP contribution is 2.34. The first-order chi connectivity index (χ1) is 16.3. The van der Waals surface area contributed by atoms with E-state index in [1.54, 1.807) is 0 Å². The van der Waals surface area contributed by atoms with Crippen LogP contribution in [0.1, 0.15) is 36.2 Å². The van der Waals surface area contributed by atoms with Gasteiger partial charge in [-0.3, -0.25) is 4.90 Å². The Kier molecular flexibility index (Phi) is 6.45. The highest BCUT2D eigenvalue weighted by Gasteiger charge is 2.27. The van der Waals surface area contributed by atoms with Gasteiger partial charge in [-0.15, -0.1) is 0 Å². The molecule has 4 nitrogen and oxygen atoms in total. The van der Waals surface area contributed by atoms with Crippen molar-refractivity contribution in [3.05, 3.63) is 114 Å². The summed E-state index contributed by atoms with van der Waals surface area (Å²) in [7, 11) is 0. The Morgan fingerprint density at radius 3 is 2.42 bits per heavy atom. The molecule has 1 unspecified atom stereocenters. The van der Waals surface area contributed by atoms with Crippen LogP contribution in [0.2, 0.25) is 0 Å². The largest absolute Gasteiger partial charge is 0.494 e. The van der Waals surface area contributed by atoms with Crippen LogP contribution in [-0.2, 0) is 13.1 Å². The predicted molar refractivity (Wildman–Crippen MR) is 132 cm³/mol. The zero-order valence-corrected chi connectivity index (χ0v) is 19.1. The van der Waals surface area contributed by atoms with Crippen molar-refractivity contribution in [2.24, 2.45) is 0 Å². The quantitative estimate of drug-likeness (QED) is 0.322. The van der Waals surface area contributed by atoms with Crippen LogP contribution >= 0.6 is 0 Å². The molecule has 1 aliphatic heterocycles. The van der Waals surface area contributed by atoms with E-state index in [1.165, 1.54) is 16.8 Å². The molecule has 5 rings (SSSR count). The monoisotopic (exact) mass is 438 g/mol. The number of hydrogen-bond donors (Lipinski definition) is 0. The highest BCUT2D eigenvalue weighted by molar-refractivity contribution is 5.36. The fraction of sp³-hybridized carbons (Fsp3) is 0.241. The number of fused-ring (bicyclic) bond motifs is 1. The maximum atomic E-state index is 6.09. The van der Waals surface area contributed by atoms with Crippen LogP contribution < -0.4 is 9.47 Å². The first kappa shape index (κ1) is 21.4. The van der Waals surface area contributed by atoms with Crippen LogP contribution in [0.15, 0.2) is 97.2 Å². The Bertz CT molecular complexity index is 1170. The molecule has 33 heavy (non-hydrogen) atoms. The molecule has 4 heteroatoms. The Labute approximate surface area is 196 Å². The van der Waals surface area contributed by atoms with E-state index < -0.39 is 0 Å². The van der Waals surface area contributed by atoms with E-state index >= 15 is 0 Å². The molecule has 2 heterocycles. The summed E-state index contributed by atoms with van der Waals surface area (Å²) >= 11 is 0. The highest BCUT2D eigenvalue weighted by atomic mass is 16.5. The van der Waals surface area contributed by atoms with Crippen molar-refractivity contribution in [1.29, 1.82) is 0 Å². The predicted octanol–water partition coefficient (Wildman–Crippen LogP) is 6.67. The second kappa shape index (κ2) is 9.97. The smallest absolute Gasteiger partial charge is 0.127 e. The summed E-state index contributed by atoms with van der Waals surface area (Å²) in [5, 5.41) is 0. The van der Waals surface area contributed by atoms with Crippen LogP contribution in [0.25, 0.3) is 0 Å². The van der Waals surface area contributed by atoms with Gasteiger partial charge in [-0.25, -0.2) is 0 Å². The van der Waals surface area contributed by atoms with Gasteiger partial charge >= 0.3 is 0 Å². The van der Waals surface area contributed by atoms with Crippen molar-refractivity contribution >= 4 is 0 Å². The molecule has 0 spiro atoms. The van der Waals surface area contributed by atoms with Gasteiger partial charge in [0.1, 0.15) is 17.2 Å². The molecule has 0 aliphatic carbocycles. The molecular weight excluding hydrogens is 408 g/mol. The second-order valence-electron chi connectivity index (χ2n) is 8.42. The standard InChI is InChI=1S/C29H30N2O2/c1-2-32-25-16-14-24(15-17-25)29-28-13-7-18-30(28)19-8-20-31(29)22-23-9-6-12-27(21-23)33-26-10-4-3-5-11-26/h3-7,9-18,21,29H,2,8,19-20,22H2,1H3. The average molecular weight is 439 g/mol. The van der Waals surface area contributed by atoms with Crippen LogP contribution in [0.5, 0.6) is 17.2 Å². The lowest BCUT2D eigenvalue weighted by molar-refractivity contribution is 0.220. The van der Waals surface area contributed by atoms with Crippen molar-refractivity contribution in [2.45, 2.75) is 32.5 Å². The zero-order valence-electron chi connectivity index (χ0n) is 19.1. The molecule has 0 bridgehead atoms. The molecule has 0 saturated carbocycles. The minimum atomic E-state index is 0.192. The summed E-state index contributed by atoms with van der Waals surface area (Å²) in [4.78, 5) is 2.58. The van der Waals surface area contributed by atoms with Gasteiger partial charge in [0.15, 0.2) is 0 Å². The second-order valence-corrected chi connectivity index (χ2v) is 8.42. The molecule has 3 aromatic carbocycles. The third kappa shape index (κ3) is 4.96. The summed E-state index contributed by atoms with van der Waals surface area (Å²) in [6, 6.07) is 31.6. The first-order valence-electron chi connectivity index (χ1n) is 11.7. The molecular formula is C29H30N2O2. The molecule has 168 valence electrons. The van der Waals surface area contributed by atoms with Crippen LogP contribution in [0.4, 0.5) is 0 Å². The van der Waals surface area contributed by atoms with E-state index in [1.807, 2.05) is 43.3 Å². The van der Waals surface area contributed by atoms with Gasteiger partial charge in [0, 0.05) is 31.5 Å². The Morgan fingerprint density at radius 1 is 0.788 bits per heavy atom. The van der Waals surface area contributed by atoms with Gasteiger partial charge in [0.2, 0.25) is 0 Å². The number of nitrogens with zero attached hydrogens (tertiary/aromatic N) is 2. The summed E-state index contributed by atoms with van der Waals surface area (Å²) in [6.07, 6.45) is 3.32. The van der Waals surface area contributed by atoms with Gasteiger partial charge in [-0.2, -0.15) is 0 Å². The number of hydrogen-bond acceptors (Lipinski definition) is 3. The molecule has 0 saturated heterocycles. The molecule has 0 radical (unpaired) electrons. The van der Waals surface area contributed by atoms with Crippen LogP contribution in [0, 0.1) is 0 Å². The Morgan fingerprint density at radius 2 is 1.61 bits per heavy atom. The fourth-order valence-electron chi connectivity index (χ4n) is 4.67. The van der Waals surface area contributed by atoms with Crippen molar-refractivity contribution < 1.29 is 9.47 Å². The average Bonchev–Trinajstić information content (AvgIpc) is 3.22. The van der Waals surface area contributed by atoms with Gasteiger partial charge in [0.25, 0.3) is 0 Å². The lowest BCUT2D eigenvalue weighted by Crippen LogP contribution is -2.29. The summed E-state index contributed by atoms with van der Waals surface area (Å²) in [5.41, 5.74) is 3.88. The van der Waals surface area contributed by atoms with Gasteiger partial charge < -0.3 is 14.0 Å². The molecule has 1 aliphatic rings. The first-order valence-corrected chi connectivity index (χ1v) is 11.7. The van der Waals surface area contributed by atoms with E-state index in [0.29, 0.717) is 6.61 Å². The third-order valence-corrected chi connectivity index (χ3v) is 6.12. The van der Waals surface area contributed by atoms with E-state index in [9.17, 15) is 0 Å². The van der Waals surface area contributed by atoms with Crippen molar-refractivity contribution in [3.63, 3.8) is 0 Å². The van der Waals surface area contributed by atoms with E-state index in [4.69, 9.17) is 9.47 Å². The zero-order chi connectivity index (χ0) is 22.5. The summed E-state index contributed by atoms with van der Waals surface area (Å²) < 4.78 is 14.2. The Balaban J connectivity index is 1.43. The van der Waals surface area contributed by atoms with E-state index in [0.717, 1.165) is 43.3 Å². The van der Waals surface area contributed by atoms with Gasteiger partial charge in [-0.05, 0) is 73.0 Å². The lowest BCUT2D eigenvalue weighted by Gasteiger charge is -2.31. The van der Waals surface area contributed by atoms with E-state index in [2.05, 4.69) is 70.3 Å². The molecule has 4 aromatic rings. The van der Waals surface area contributed by atoms with E-state index in [-0.39, 0.29) is 6.04 Å². The lowest BCUT2D eigenvalue weighted by atomic mass is 10.0. The fourth-order valence-corrected chi connectivity index (χ4v) is 4.67. The van der Waals surface area contributed by atoms with Crippen molar-refractivity contribution in [2.75, 3.05) is 13.2 Å². The molecule has 1 aromatic heterocycles. The number of rotatable bonds is 7. The van der Waals surface area contributed by atoms with Gasteiger partial charge in [0.05, 0.1) is 12.6 Å². The Hall–Kier alpha value is -3.50. The maximum Gasteiger partial charge on any atom is 0.127 e. The summed E-state index contributed by atoms with van der Waals surface area (Å²) in [5.74, 6) is 2.64. The summed E-state index contributed by atoms with van der Waals surface area (Å²) in [6.45, 7) is 5.63. The topological polar surface area (TPSA) is 26.6 Å². The molecule has 0 fully saturated rings. The van der Waals surface area contributed by atoms with Crippen LogP contribution in [-0.4, -0.2) is 22.6 Å². The normalized spacial score (nSPS) is 16.1. The number of para-hydroxylation sites is 1. The minimum Gasteiger partial charge on any atom is -0.494 e. The van der Waals surface area contributed by atoms with Gasteiger partial charge in [-0.1, -0.05) is 42.5 Å². The third-order valence-electron chi connectivity index (χ3n) is 6.12.